The fourth-order valence-electron chi connectivity index (χ4n) is 3.51. The molecule has 0 bridgehead atoms. The summed E-state index contributed by atoms with van der Waals surface area (Å²) >= 11 is 1.80. The molecule has 31 heavy (non-hydrogen) atoms. The molecular formula is C25H40N2O3S. The van der Waals surface area contributed by atoms with E-state index in [0.717, 1.165) is 37.2 Å². The molecule has 0 aliphatic carbocycles. The lowest BCUT2D eigenvalue weighted by molar-refractivity contribution is -0.129. The van der Waals surface area contributed by atoms with E-state index in [4.69, 9.17) is 9.47 Å². The molecule has 1 heterocycles. The van der Waals surface area contributed by atoms with Crippen molar-refractivity contribution >= 4 is 24.1 Å². The normalized spacial score (nSPS) is 16.5. The molecule has 0 amide bonds. The Morgan fingerprint density at radius 1 is 1.32 bits per heavy atom. The molecule has 0 aromatic heterocycles. The number of nitrogens with zero attached hydrogens (tertiary/aromatic N) is 2. The van der Waals surface area contributed by atoms with Crippen molar-refractivity contribution in [2.24, 2.45) is 0 Å². The maximum atomic E-state index is 10.6. The zero-order valence-electron chi connectivity index (χ0n) is 20.3. The van der Waals surface area contributed by atoms with Crippen LogP contribution in [0.25, 0.3) is 0 Å². The van der Waals surface area contributed by atoms with Gasteiger partial charge in [0, 0.05) is 49.4 Å². The van der Waals surface area contributed by atoms with Gasteiger partial charge in [0.05, 0.1) is 6.10 Å². The van der Waals surface area contributed by atoms with Crippen molar-refractivity contribution < 1.29 is 14.3 Å². The van der Waals surface area contributed by atoms with Gasteiger partial charge in [-0.05, 0) is 57.7 Å². The van der Waals surface area contributed by atoms with Crippen molar-refractivity contribution in [3.63, 3.8) is 0 Å². The maximum absolute atomic E-state index is 10.6. The van der Waals surface area contributed by atoms with Crippen LogP contribution in [0.15, 0.2) is 41.3 Å². The standard InChI is InChI=1S/C23H34N2O3S.C2H6/c1-6-7-8-23(19(3)27-5)29-25-13-11-21(12-14-25)24(4)22-10-9-18(2)15-20(22)16-28-17-26;1-2/h6-10,15,17,19,21H,11-14,16H2,1-5H3;1-2H3/b7-6-,23-8+;. The minimum atomic E-state index is 0.0875. The molecule has 1 aromatic carbocycles. The highest BCUT2D eigenvalue weighted by atomic mass is 32.2. The van der Waals surface area contributed by atoms with E-state index in [1.165, 1.54) is 10.5 Å². The van der Waals surface area contributed by atoms with Crippen LogP contribution in [-0.4, -0.2) is 50.2 Å². The van der Waals surface area contributed by atoms with Gasteiger partial charge in [-0.25, -0.2) is 4.31 Å². The molecule has 1 aromatic rings. The lowest BCUT2D eigenvalue weighted by Crippen LogP contribution is -2.41. The smallest absolute Gasteiger partial charge is 0.293 e. The number of rotatable bonds is 10. The van der Waals surface area contributed by atoms with E-state index in [0.29, 0.717) is 19.1 Å². The number of ether oxygens (including phenoxy) is 2. The van der Waals surface area contributed by atoms with Gasteiger partial charge < -0.3 is 14.4 Å². The summed E-state index contributed by atoms with van der Waals surface area (Å²) in [6.07, 6.45) is 8.51. The zero-order valence-corrected chi connectivity index (χ0v) is 21.1. The minimum absolute atomic E-state index is 0.0875. The van der Waals surface area contributed by atoms with Gasteiger partial charge in [0.2, 0.25) is 0 Å². The second-order valence-electron chi connectivity index (χ2n) is 7.37. The van der Waals surface area contributed by atoms with Crippen molar-refractivity contribution in [1.29, 1.82) is 0 Å². The van der Waals surface area contributed by atoms with Gasteiger partial charge in [0.1, 0.15) is 6.61 Å². The van der Waals surface area contributed by atoms with Crippen LogP contribution in [0.4, 0.5) is 5.69 Å². The third-order valence-corrected chi connectivity index (χ3v) is 6.64. The molecule has 1 saturated heterocycles. The molecule has 2 rings (SSSR count). The zero-order chi connectivity index (χ0) is 23.2. The number of anilines is 1. The van der Waals surface area contributed by atoms with Crippen LogP contribution in [-0.2, 0) is 20.9 Å². The molecule has 1 atom stereocenters. The average Bonchev–Trinajstić information content (AvgIpc) is 2.81. The average molecular weight is 449 g/mol. The number of piperidine rings is 1. The van der Waals surface area contributed by atoms with Crippen LogP contribution >= 0.6 is 11.9 Å². The van der Waals surface area contributed by atoms with Gasteiger partial charge in [-0.3, -0.25) is 4.79 Å². The molecule has 5 nitrogen and oxygen atoms in total. The van der Waals surface area contributed by atoms with Gasteiger partial charge in [0.15, 0.2) is 0 Å². The van der Waals surface area contributed by atoms with E-state index >= 15 is 0 Å². The molecular weight excluding hydrogens is 408 g/mol. The third-order valence-electron chi connectivity index (χ3n) is 5.33. The summed E-state index contributed by atoms with van der Waals surface area (Å²) in [5, 5.41) is 0. The third kappa shape index (κ3) is 8.71. The van der Waals surface area contributed by atoms with Crippen LogP contribution in [0.2, 0.25) is 0 Å². The molecule has 0 N–H and O–H groups in total. The molecule has 0 spiro atoms. The Labute approximate surface area is 193 Å². The molecule has 1 fully saturated rings. The number of methoxy groups -OCH3 is 1. The first-order valence-corrected chi connectivity index (χ1v) is 11.9. The van der Waals surface area contributed by atoms with Gasteiger partial charge in [0.25, 0.3) is 6.47 Å². The highest BCUT2D eigenvalue weighted by Gasteiger charge is 2.25. The van der Waals surface area contributed by atoms with Crippen molar-refractivity contribution in [3.8, 4) is 0 Å². The first-order chi connectivity index (χ1) is 15.0. The summed E-state index contributed by atoms with van der Waals surface area (Å²) < 4.78 is 13.0. The lowest BCUT2D eigenvalue weighted by Gasteiger charge is -2.38. The molecule has 174 valence electrons. The van der Waals surface area contributed by atoms with Crippen molar-refractivity contribution in [2.75, 3.05) is 32.1 Å². The summed E-state index contributed by atoms with van der Waals surface area (Å²) in [6, 6.07) is 6.82. The Morgan fingerprint density at radius 2 is 2.00 bits per heavy atom. The first kappa shape index (κ1) is 27.3. The quantitative estimate of drug-likeness (QED) is 0.258. The van der Waals surface area contributed by atoms with E-state index in [2.05, 4.69) is 60.5 Å². The molecule has 0 radical (unpaired) electrons. The minimum Gasteiger partial charge on any atom is -0.463 e. The van der Waals surface area contributed by atoms with E-state index in [1.807, 2.05) is 26.8 Å². The lowest BCUT2D eigenvalue weighted by atomic mass is 10.0. The fourth-order valence-corrected chi connectivity index (χ4v) is 4.59. The number of hydrogen-bond donors (Lipinski definition) is 0. The summed E-state index contributed by atoms with van der Waals surface area (Å²) in [6.45, 7) is 13.0. The van der Waals surface area contributed by atoms with E-state index in [-0.39, 0.29) is 6.10 Å². The molecule has 0 saturated carbocycles. The van der Waals surface area contributed by atoms with E-state index in [1.54, 1.807) is 19.1 Å². The van der Waals surface area contributed by atoms with Crippen LogP contribution in [0, 0.1) is 6.92 Å². The molecule has 1 aliphatic rings. The number of hydrogen-bond acceptors (Lipinski definition) is 6. The number of aryl methyl sites for hydroxylation is 1. The Bertz CT molecular complexity index is 713. The van der Waals surface area contributed by atoms with Gasteiger partial charge in [-0.2, -0.15) is 0 Å². The van der Waals surface area contributed by atoms with Crippen LogP contribution in [0.5, 0.6) is 0 Å². The Balaban J connectivity index is 0.00000233. The van der Waals surface area contributed by atoms with Gasteiger partial charge in [-0.15, -0.1) is 0 Å². The van der Waals surface area contributed by atoms with E-state index < -0.39 is 0 Å². The van der Waals surface area contributed by atoms with Crippen LogP contribution < -0.4 is 4.90 Å². The predicted octanol–water partition coefficient (Wildman–Crippen LogP) is 5.74. The highest BCUT2D eigenvalue weighted by Crippen LogP contribution is 2.32. The molecule has 1 unspecified atom stereocenters. The van der Waals surface area contributed by atoms with Gasteiger partial charge >= 0.3 is 0 Å². The first-order valence-electron chi connectivity index (χ1n) is 11.2. The number of carbonyl (C=O) groups is 1. The summed E-state index contributed by atoms with van der Waals surface area (Å²) in [5.41, 5.74) is 3.37. The van der Waals surface area contributed by atoms with Gasteiger partial charge in [-0.1, -0.05) is 43.7 Å². The predicted molar refractivity (Wildman–Crippen MR) is 133 cm³/mol. The second-order valence-corrected chi connectivity index (χ2v) is 8.54. The summed E-state index contributed by atoms with van der Waals surface area (Å²) in [7, 11) is 3.90. The number of allylic oxidation sites excluding steroid dienone is 3. The fraction of sp³-hybridized carbons (Fsp3) is 0.560. The number of carbonyl (C=O) groups excluding carboxylic acids is 1. The van der Waals surface area contributed by atoms with E-state index in [9.17, 15) is 4.79 Å². The van der Waals surface area contributed by atoms with Crippen LogP contribution in [0.1, 0.15) is 51.7 Å². The number of benzene rings is 1. The summed E-state index contributed by atoms with van der Waals surface area (Å²) in [4.78, 5) is 14.2. The second kappa shape index (κ2) is 15.1. The summed E-state index contributed by atoms with van der Waals surface area (Å²) in [5.74, 6) is 0. The van der Waals surface area contributed by atoms with Crippen molar-refractivity contribution in [1.82, 2.24) is 4.31 Å². The van der Waals surface area contributed by atoms with Crippen molar-refractivity contribution in [2.45, 2.75) is 66.2 Å². The molecule has 1 aliphatic heterocycles. The molecule has 6 heteroatoms. The largest absolute Gasteiger partial charge is 0.463 e. The Hall–Kier alpha value is -1.76. The maximum Gasteiger partial charge on any atom is 0.293 e. The topological polar surface area (TPSA) is 42.0 Å². The van der Waals surface area contributed by atoms with Crippen molar-refractivity contribution in [3.05, 3.63) is 52.5 Å². The highest BCUT2D eigenvalue weighted by molar-refractivity contribution is 8.00. The Kier molecular flexibility index (Phi) is 13.3. The monoisotopic (exact) mass is 448 g/mol. The SMILES string of the molecule is C/C=C\C=C(\SN1CCC(N(C)c2ccc(C)cc2COC=O)CC1)C(C)OC.CC. The Morgan fingerprint density at radius 3 is 2.58 bits per heavy atom. The van der Waals surface area contributed by atoms with Crippen LogP contribution in [0.3, 0.4) is 0 Å².